The molecular weight excluding hydrogens is 216 g/mol. The van der Waals surface area contributed by atoms with E-state index in [-0.39, 0.29) is 0 Å². The summed E-state index contributed by atoms with van der Waals surface area (Å²) < 4.78 is 5.13. The van der Waals surface area contributed by atoms with Gasteiger partial charge < -0.3 is 15.0 Å². The first kappa shape index (κ1) is 10.8. The van der Waals surface area contributed by atoms with E-state index in [9.17, 15) is 0 Å². The highest BCUT2D eigenvalue weighted by Crippen LogP contribution is 2.34. The predicted molar refractivity (Wildman–Crippen MR) is 65.2 cm³/mol. The molecule has 2 fully saturated rings. The van der Waals surface area contributed by atoms with Gasteiger partial charge in [-0.2, -0.15) is 4.98 Å². The number of hydrogen-bond donors (Lipinski definition) is 1. The summed E-state index contributed by atoms with van der Waals surface area (Å²) in [7, 11) is 1.62. The summed E-state index contributed by atoms with van der Waals surface area (Å²) in [6.07, 6.45) is 3.47. The number of nitrogens with one attached hydrogen (secondary N) is 1. The van der Waals surface area contributed by atoms with Crippen LogP contribution in [0, 0.1) is 11.8 Å². The van der Waals surface area contributed by atoms with E-state index in [1.54, 1.807) is 13.3 Å². The summed E-state index contributed by atoms with van der Waals surface area (Å²) in [4.78, 5) is 11.0. The third-order valence-electron chi connectivity index (χ3n) is 4.04. The van der Waals surface area contributed by atoms with E-state index >= 15 is 0 Å². The van der Waals surface area contributed by atoms with Crippen LogP contribution in [0.2, 0.25) is 0 Å². The lowest BCUT2D eigenvalue weighted by molar-refractivity contribution is 0.395. The second-order valence-corrected chi connectivity index (χ2v) is 4.89. The summed E-state index contributed by atoms with van der Waals surface area (Å²) in [6.45, 7) is 5.60. The third-order valence-corrected chi connectivity index (χ3v) is 4.04. The summed E-state index contributed by atoms with van der Waals surface area (Å²) in [5, 5.41) is 3.46. The zero-order valence-electron chi connectivity index (χ0n) is 10.3. The minimum Gasteiger partial charge on any atom is -0.480 e. The van der Waals surface area contributed by atoms with E-state index < -0.39 is 0 Å². The van der Waals surface area contributed by atoms with Crippen LogP contribution in [0.5, 0.6) is 5.88 Å². The van der Waals surface area contributed by atoms with E-state index in [0.717, 1.165) is 37.3 Å². The Morgan fingerprint density at radius 2 is 2.29 bits per heavy atom. The maximum atomic E-state index is 5.13. The molecule has 3 unspecified atom stereocenters. The third kappa shape index (κ3) is 1.74. The molecule has 1 aromatic rings. The van der Waals surface area contributed by atoms with Crippen molar-refractivity contribution in [1.82, 2.24) is 15.3 Å². The molecule has 0 saturated carbocycles. The van der Waals surface area contributed by atoms with Crippen molar-refractivity contribution in [3.8, 4) is 5.88 Å². The number of hydrogen-bond acceptors (Lipinski definition) is 5. The Morgan fingerprint density at radius 1 is 1.41 bits per heavy atom. The van der Waals surface area contributed by atoms with Crippen LogP contribution < -0.4 is 15.0 Å². The Kier molecular flexibility index (Phi) is 2.63. The van der Waals surface area contributed by atoms with Crippen LogP contribution in [0.1, 0.15) is 6.92 Å². The fourth-order valence-electron chi connectivity index (χ4n) is 3.05. The quantitative estimate of drug-likeness (QED) is 0.809. The summed E-state index contributed by atoms with van der Waals surface area (Å²) in [6, 6.07) is 0.524. The molecule has 0 amide bonds. The van der Waals surface area contributed by atoms with Gasteiger partial charge >= 0.3 is 0 Å². The molecule has 3 atom stereocenters. The zero-order chi connectivity index (χ0) is 11.8. The minimum absolute atomic E-state index is 0.524. The highest BCUT2D eigenvalue weighted by Gasteiger charge is 2.42. The maximum Gasteiger partial charge on any atom is 0.233 e. The van der Waals surface area contributed by atoms with Crippen LogP contribution in [0.15, 0.2) is 12.4 Å². The molecule has 0 radical (unpaired) electrons. The van der Waals surface area contributed by atoms with Gasteiger partial charge in [0.05, 0.1) is 19.5 Å². The fourth-order valence-corrected chi connectivity index (χ4v) is 3.05. The van der Waals surface area contributed by atoms with Gasteiger partial charge in [0.2, 0.25) is 5.88 Å². The minimum atomic E-state index is 0.524. The Hall–Kier alpha value is -1.36. The Labute approximate surface area is 101 Å². The molecule has 5 nitrogen and oxygen atoms in total. The van der Waals surface area contributed by atoms with Gasteiger partial charge in [0.25, 0.3) is 0 Å². The van der Waals surface area contributed by atoms with Gasteiger partial charge in [0, 0.05) is 25.7 Å². The van der Waals surface area contributed by atoms with Crippen LogP contribution in [-0.2, 0) is 0 Å². The number of anilines is 1. The van der Waals surface area contributed by atoms with Crippen molar-refractivity contribution in [2.75, 3.05) is 31.6 Å². The fraction of sp³-hybridized carbons (Fsp3) is 0.667. The Morgan fingerprint density at radius 3 is 3.06 bits per heavy atom. The van der Waals surface area contributed by atoms with Gasteiger partial charge in [-0.25, -0.2) is 0 Å². The number of fused-ring (bicyclic) bond motifs is 1. The molecule has 2 aliphatic heterocycles. The van der Waals surface area contributed by atoms with E-state index in [1.165, 1.54) is 0 Å². The van der Waals surface area contributed by atoms with Crippen LogP contribution in [0.3, 0.4) is 0 Å². The summed E-state index contributed by atoms with van der Waals surface area (Å²) in [5.74, 6) is 3.01. The molecule has 17 heavy (non-hydrogen) atoms. The van der Waals surface area contributed by atoms with Crippen molar-refractivity contribution >= 4 is 5.82 Å². The van der Waals surface area contributed by atoms with Gasteiger partial charge in [0.1, 0.15) is 0 Å². The smallest absolute Gasteiger partial charge is 0.233 e. The second kappa shape index (κ2) is 4.14. The van der Waals surface area contributed by atoms with Crippen molar-refractivity contribution in [2.45, 2.75) is 13.0 Å². The van der Waals surface area contributed by atoms with Crippen molar-refractivity contribution in [3.05, 3.63) is 12.4 Å². The molecule has 1 N–H and O–H groups in total. The lowest BCUT2D eigenvalue weighted by Gasteiger charge is -2.25. The second-order valence-electron chi connectivity index (χ2n) is 4.89. The molecule has 0 bridgehead atoms. The summed E-state index contributed by atoms with van der Waals surface area (Å²) >= 11 is 0. The van der Waals surface area contributed by atoms with Crippen molar-refractivity contribution in [3.63, 3.8) is 0 Å². The van der Waals surface area contributed by atoms with Crippen molar-refractivity contribution in [1.29, 1.82) is 0 Å². The van der Waals surface area contributed by atoms with Gasteiger partial charge in [-0.3, -0.25) is 4.98 Å². The average molecular weight is 234 g/mol. The lowest BCUT2D eigenvalue weighted by atomic mass is 9.95. The van der Waals surface area contributed by atoms with Crippen LogP contribution in [-0.4, -0.2) is 42.8 Å². The molecule has 2 aliphatic rings. The molecular formula is C12H18N4O. The first-order valence-electron chi connectivity index (χ1n) is 6.13. The largest absolute Gasteiger partial charge is 0.480 e. The summed E-state index contributed by atoms with van der Waals surface area (Å²) in [5.41, 5.74) is 0. The van der Waals surface area contributed by atoms with Gasteiger partial charge in [0.15, 0.2) is 5.82 Å². The number of aromatic nitrogens is 2. The van der Waals surface area contributed by atoms with Crippen molar-refractivity contribution in [2.24, 2.45) is 11.8 Å². The van der Waals surface area contributed by atoms with Crippen LogP contribution >= 0.6 is 0 Å². The molecule has 5 heteroatoms. The lowest BCUT2D eigenvalue weighted by Crippen LogP contribution is -2.33. The molecule has 0 spiro atoms. The zero-order valence-corrected chi connectivity index (χ0v) is 10.3. The molecule has 3 rings (SSSR count). The van der Waals surface area contributed by atoms with Crippen LogP contribution in [0.4, 0.5) is 5.82 Å². The molecule has 0 aromatic carbocycles. The maximum absolute atomic E-state index is 5.13. The number of methoxy groups -OCH3 is 1. The molecule has 3 heterocycles. The first-order valence-corrected chi connectivity index (χ1v) is 6.13. The highest BCUT2D eigenvalue weighted by atomic mass is 16.5. The topological polar surface area (TPSA) is 50.3 Å². The molecule has 2 saturated heterocycles. The van der Waals surface area contributed by atoms with E-state index in [2.05, 4.69) is 27.1 Å². The molecule has 92 valence electrons. The highest BCUT2D eigenvalue weighted by molar-refractivity contribution is 5.41. The van der Waals surface area contributed by atoms with Gasteiger partial charge in [-0.05, 0) is 18.8 Å². The van der Waals surface area contributed by atoms with Crippen LogP contribution in [0.25, 0.3) is 0 Å². The molecule has 0 aliphatic carbocycles. The Balaban J connectivity index is 1.84. The molecule has 1 aromatic heterocycles. The van der Waals surface area contributed by atoms with E-state index in [0.29, 0.717) is 11.9 Å². The monoisotopic (exact) mass is 234 g/mol. The first-order chi connectivity index (χ1) is 8.29. The number of rotatable bonds is 2. The Bertz CT molecular complexity index is 411. The number of ether oxygens (including phenoxy) is 1. The predicted octanol–water partition coefficient (Wildman–Crippen LogP) is 0.529. The average Bonchev–Trinajstić information content (AvgIpc) is 2.93. The standard InChI is InChI=1S/C12H18N4O/c1-8-10-4-13-3-9(10)7-16(8)11-5-14-6-12(15-11)17-2/h5-6,8-10,13H,3-4,7H2,1-2H3. The number of nitrogens with zero attached hydrogens (tertiary/aromatic N) is 3. The van der Waals surface area contributed by atoms with Gasteiger partial charge in [-0.1, -0.05) is 0 Å². The normalized spacial score (nSPS) is 31.6. The van der Waals surface area contributed by atoms with Crippen molar-refractivity contribution < 1.29 is 4.74 Å². The SMILES string of the molecule is COc1cncc(N2CC3CNCC3C2C)n1. The van der Waals surface area contributed by atoms with E-state index in [1.807, 2.05) is 6.20 Å². The van der Waals surface area contributed by atoms with Gasteiger partial charge in [-0.15, -0.1) is 0 Å². The van der Waals surface area contributed by atoms with E-state index in [4.69, 9.17) is 4.74 Å².